The SMILES string of the molecule is CCON1C=CN(C)C1.F. The molecule has 60 valence electrons. The van der Waals surface area contributed by atoms with Crippen molar-refractivity contribution in [1.29, 1.82) is 0 Å². The minimum absolute atomic E-state index is 0. The Labute approximate surface area is 60.2 Å². The Morgan fingerprint density at radius 1 is 1.50 bits per heavy atom. The molecule has 3 nitrogen and oxygen atoms in total. The van der Waals surface area contributed by atoms with E-state index in [1.165, 1.54) is 0 Å². The highest BCUT2D eigenvalue weighted by Gasteiger charge is 2.06. The molecule has 1 rings (SSSR count). The van der Waals surface area contributed by atoms with Gasteiger partial charge in [0.05, 0.1) is 6.61 Å². The van der Waals surface area contributed by atoms with Crippen molar-refractivity contribution in [3.8, 4) is 0 Å². The van der Waals surface area contributed by atoms with E-state index < -0.39 is 0 Å². The monoisotopic (exact) mass is 148 g/mol. The lowest BCUT2D eigenvalue weighted by molar-refractivity contribution is -0.121. The molecule has 1 aliphatic rings. The molecule has 0 bridgehead atoms. The van der Waals surface area contributed by atoms with E-state index in [0.29, 0.717) is 0 Å². The highest BCUT2D eigenvalue weighted by molar-refractivity contribution is 4.84. The zero-order valence-electron chi connectivity index (χ0n) is 6.28. The first-order chi connectivity index (χ1) is 4.33. The third kappa shape index (κ3) is 2.23. The van der Waals surface area contributed by atoms with Gasteiger partial charge in [0.25, 0.3) is 0 Å². The summed E-state index contributed by atoms with van der Waals surface area (Å²) in [6.07, 6.45) is 3.90. The Hall–Kier alpha value is -0.770. The standard InChI is InChI=1S/C6H12N2O.FH/c1-3-9-8-5-4-7(2)6-8;/h4-5H,3,6H2,1-2H3;1H. The van der Waals surface area contributed by atoms with Crippen molar-refractivity contribution in [3.05, 3.63) is 12.4 Å². The first-order valence-corrected chi connectivity index (χ1v) is 3.11. The molecule has 0 fully saturated rings. The van der Waals surface area contributed by atoms with Gasteiger partial charge >= 0.3 is 0 Å². The normalized spacial score (nSPS) is 15.8. The van der Waals surface area contributed by atoms with Crippen molar-refractivity contribution in [1.82, 2.24) is 9.96 Å². The first-order valence-electron chi connectivity index (χ1n) is 3.11. The van der Waals surface area contributed by atoms with Crippen LogP contribution in [0, 0.1) is 0 Å². The zero-order chi connectivity index (χ0) is 6.69. The number of hydroxylamine groups is 2. The molecule has 0 radical (unpaired) electrons. The molecular weight excluding hydrogens is 135 g/mol. The summed E-state index contributed by atoms with van der Waals surface area (Å²) in [7, 11) is 2.01. The fraction of sp³-hybridized carbons (Fsp3) is 0.667. The lowest BCUT2D eigenvalue weighted by Crippen LogP contribution is -2.22. The van der Waals surface area contributed by atoms with Crippen molar-refractivity contribution in [2.24, 2.45) is 0 Å². The molecule has 0 aliphatic carbocycles. The molecule has 0 saturated heterocycles. The molecule has 4 heteroatoms. The van der Waals surface area contributed by atoms with Gasteiger partial charge in [-0.1, -0.05) is 0 Å². The predicted molar refractivity (Wildman–Crippen MR) is 37.7 cm³/mol. The van der Waals surface area contributed by atoms with Crippen LogP contribution >= 0.6 is 0 Å². The van der Waals surface area contributed by atoms with E-state index in [1.54, 1.807) is 5.06 Å². The van der Waals surface area contributed by atoms with Crippen molar-refractivity contribution >= 4 is 0 Å². The molecule has 0 N–H and O–H groups in total. The number of hydrogen-bond acceptors (Lipinski definition) is 3. The molecule has 0 aromatic rings. The first kappa shape index (κ1) is 9.23. The van der Waals surface area contributed by atoms with E-state index in [-0.39, 0.29) is 4.70 Å². The summed E-state index contributed by atoms with van der Waals surface area (Å²) < 4.78 is 0. The maximum absolute atomic E-state index is 5.18. The number of rotatable bonds is 2. The topological polar surface area (TPSA) is 15.7 Å². The lowest BCUT2D eigenvalue weighted by Gasteiger charge is -2.15. The molecule has 0 unspecified atom stereocenters. The largest absolute Gasteiger partial charge is 0.360 e. The summed E-state index contributed by atoms with van der Waals surface area (Å²) in [5.41, 5.74) is 0. The van der Waals surface area contributed by atoms with Crippen LogP contribution in [0.15, 0.2) is 12.4 Å². The van der Waals surface area contributed by atoms with Gasteiger partial charge in [-0.15, -0.1) is 0 Å². The Bertz CT molecular complexity index is 118. The van der Waals surface area contributed by atoms with Gasteiger partial charge in [0.15, 0.2) is 0 Å². The maximum atomic E-state index is 5.18. The molecule has 1 heterocycles. The van der Waals surface area contributed by atoms with Crippen LogP contribution in [0.2, 0.25) is 0 Å². The van der Waals surface area contributed by atoms with Gasteiger partial charge in [-0.3, -0.25) is 9.54 Å². The minimum atomic E-state index is 0. The van der Waals surface area contributed by atoms with Crippen LogP contribution < -0.4 is 0 Å². The molecule has 0 aromatic carbocycles. The minimum Gasteiger partial charge on any atom is -0.360 e. The predicted octanol–water partition coefficient (Wildman–Crippen LogP) is 0.766. The zero-order valence-corrected chi connectivity index (χ0v) is 6.28. The van der Waals surface area contributed by atoms with E-state index in [4.69, 9.17) is 4.84 Å². The summed E-state index contributed by atoms with van der Waals surface area (Å²) in [5.74, 6) is 0. The van der Waals surface area contributed by atoms with Gasteiger partial charge in [0, 0.05) is 19.4 Å². The van der Waals surface area contributed by atoms with Gasteiger partial charge in [-0.2, -0.15) is 0 Å². The second kappa shape index (κ2) is 4.11. The Morgan fingerprint density at radius 3 is 2.60 bits per heavy atom. The summed E-state index contributed by atoms with van der Waals surface area (Å²) in [6.45, 7) is 3.55. The van der Waals surface area contributed by atoms with Crippen molar-refractivity contribution in [3.63, 3.8) is 0 Å². The average molecular weight is 148 g/mol. The summed E-state index contributed by atoms with van der Waals surface area (Å²) >= 11 is 0. The van der Waals surface area contributed by atoms with E-state index in [2.05, 4.69) is 4.90 Å². The Kier molecular flexibility index (Phi) is 3.79. The van der Waals surface area contributed by atoms with Crippen molar-refractivity contribution < 1.29 is 9.54 Å². The fourth-order valence-electron chi connectivity index (χ4n) is 0.752. The Balaban J connectivity index is 0.000000810. The van der Waals surface area contributed by atoms with Crippen LogP contribution in [0.1, 0.15) is 6.92 Å². The van der Waals surface area contributed by atoms with Crippen LogP contribution in [0.25, 0.3) is 0 Å². The highest BCUT2D eigenvalue weighted by atomic mass is 19.0. The van der Waals surface area contributed by atoms with Gasteiger partial charge in [0.1, 0.15) is 6.67 Å². The van der Waals surface area contributed by atoms with Crippen molar-refractivity contribution in [2.45, 2.75) is 6.92 Å². The van der Waals surface area contributed by atoms with Gasteiger partial charge in [-0.25, -0.2) is 5.06 Å². The van der Waals surface area contributed by atoms with E-state index >= 15 is 0 Å². The third-order valence-corrected chi connectivity index (χ3v) is 1.14. The quantitative estimate of drug-likeness (QED) is 0.575. The molecule has 0 aromatic heterocycles. The maximum Gasteiger partial charge on any atom is 0.115 e. The van der Waals surface area contributed by atoms with Gasteiger partial charge < -0.3 is 4.90 Å². The number of halogens is 1. The fourth-order valence-corrected chi connectivity index (χ4v) is 0.752. The van der Waals surface area contributed by atoms with E-state index in [1.807, 2.05) is 26.4 Å². The summed E-state index contributed by atoms with van der Waals surface area (Å²) in [4.78, 5) is 7.23. The van der Waals surface area contributed by atoms with Crippen LogP contribution in [0.5, 0.6) is 0 Å². The molecule has 0 amide bonds. The third-order valence-electron chi connectivity index (χ3n) is 1.14. The van der Waals surface area contributed by atoms with Gasteiger partial charge in [0.2, 0.25) is 0 Å². The van der Waals surface area contributed by atoms with Crippen LogP contribution in [-0.2, 0) is 4.84 Å². The molecular formula is C6H13FN2O. The van der Waals surface area contributed by atoms with Crippen LogP contribution in [0.3, 0.4) is 0 Å². The molecule has 10 heavy (non-hydrogen) atoms. The highest BCUT2D eigenvalue weighted by Crippen LogP contribution is 2.02. The molecule has 0 spiro atoms. The van der Waals surface area contributed by atoms with E-state index in [0.717, 1.165) is 13.3 Å². The van der Waals surface area contributed by atoms with Gasteiger partial charge in [-0.05, 0) is 6.92 Å². The summed E-state index contributed by atoms with van der Waals surface area (Å²) in [5, 5.41) is 1.81. The molecule has 1 aliphatic heterocycles. The average Bonchev–Trinajstić information content (AvgIpc) is 2.17. The van der Waals surface area contributed by atoms with E-state index in [9.17, 15) is 0 Å². The van der Waals surface area contributed by atoms with Crippen molar-refractivity contribution in [2.75, 3.05) is 20.3 Å². The van der Waals surface area contributed by atoms with Crippen LogP contribution in [0.4, 0.5) is 4.70 Å². The number of hydrogen-bond donors (Lipinski definition) is 0. The Morgan fingerprint density at radius 2 is 2.20 bits per heavy atom. The second-order valence-corrected chi connectivity index (χ2v) is 2.03. The number of nitrogens with zero attached hydrogens (tertiary/aromatic N) is 2. The molecule has 0 saturated carbocycles. The second-order valence-electron chi connectivity index (χ2n) is 2.03. The molecule has 0 atom stereocenters. The smallest absolute Gasteiger partial charge is 0.115 e. The van der Waals surface area contributed by atoms with Crippen LogP contribution in [-0.4, -0.2) is 30.3 Å². The summed E-state index contributed by atoms with van der Waals surface area (Å²) in [6, 6.07) is 0. The lowest BCUT2D eigenvalue weighted by atomic mass is 10.9.